The SMILES string of the molecule is N[C@H]1CC[C@H](c2nnc(C3CC(OC(F)(F)F)C3)o2)CC1. The van der Waals surface area contributed by atoms with Crippen LogP contribution in [0.25, 0.3) is 0 Å². The zero-order valence-electron chi connectivity index (χ0n) is 11.5. The summed E-state index contributed by atoms with van der Waals surface area (Å²) in [6, 6.07) is 0.246. The predicted molar refractivity (Wildman–Crippen MR) is 66.4 cm³/mol. The lowest BCUT2D eigenvalue weighted by molar-refractivity contribution is -0.352. The lowest BCUT2D eigenvalue weighted by atomic mass is 9.82. The highest BCUT2D eigenvalue weighted by atomic mass is 19.4. The van der Waals surface area contributed by atoms with Gasteiger partial charge >= 0.3 is 6.36 Å². The smallest absolute Gasteiger partial charge is 0.425 e. The van der Waals surface area contributed by atoms with E-state index in [0.29, 0.717) is 11.8 Å². The topological polar surface area (TPSA) is 74.2 Å². The zero-order chi connectivity index (χ0) is 15.0. The summed E-state index contributed by atoms with van der Waals surface area (Å²) in [6.07, 6.45) is -1.09. The van der Waals surface area contributed by atoms with Gasteiger partial charge in [0.05, 0.1) is 6.10 Å². The number of ether oxygens (including phenoxy) is 1. The molecular weight excluding hydrogens is 287 g/mol. The third-order valence-corrected chi connectivity index (χ3v) is 4.32. The van der Waals surface area contributed by atoms with Gasteiger partial charge in [-0.2, -0.15) is 0 Å². The maximum absolute atomic E-state index is 12.1. The van der Waals surface area contributed by atoms with Crippen LogP contribution in [0.15, 0.2) is 4.42 Å². The van der Waals surface area contributed by atoms with Crippen LogP contribution in [0.3, 0.4) is 0 Å². The van der Waals surface area contributed by atoms with Gasteiger partial charge in [-0.15, -0.1) is 23.4 Å². The Hall–Kier alpha value is -1.15. The third kappa shape index (κ3) is 3.55. The van der Waals surface area contributed by atoms with E-state index in [2.05, 4.69) is 14.9 Å². The van der Waals surface area contributed by atoms with E-state index in [9.17, 15) is 13.2 Å². The van der Waals surface area contributed by atoms with Crippen LogP contribution in [-0.4, -0.2) is 28.7 Å². The minimum atomic E-state index is -4.57. The molecule has 1 aromatic heterocycles. The minimum Gasteiger partial charge on any atom is -0.425 e. The van der Waals surface area contributed by atoms with Crippen molar-refractivity contribution >= 4 is 0 Å². The molecule has 1 aromatic rings. The summed E-state index contributed by atoms with van der Waals surface area (Å²) in [4.78, 5) is 0. The quantitative estimate of drug-likeness (QED) is 0.929. The summed E-state index contributed by atoms with van der Waals surface area (Å²) in [6.45, 7) is 0. The Kier molecular flexibility index (Phi) is 3.92. The number of rotatable bonds is 3. The first-order valence-electron chi connectivity index (χ1n) is 7.24. The molecule has 0 aromatic carbocycles. The second-order valence-electron chi connectivity index (χ2n) is 5.94. The molecule has 2 fully saturated rings. The van der Waals surface area contributed by atoms with Gasteiger partial charge < -0.3 is 10.2 Å². The van der Waals surface area contributed by atoms with Crippen molar-refractivity contribution in [1.29, 1.82) is 0 Å². The van der Waals surface area contributed by atoms with Crippen LogP contribution < -0.4 is 5.73 Å². The minimum absolute atomic E-state index is 0.121. The van der Waals surface area contributed by atoms with Gasteiger partial charge in [-0.3, -0.25) is 4.74 Å². The van der Waals surface area contributed by atoms with Gasteiger partial charge in [-0.05, 0) is 38.5 Å². The molecule has 0 spiro atoms. The Morgan fingerprint density at radius 3 is 2.14 bits per heavy atom. The van der Waals surface area contributed by atoms with Gasteiger partial charge in [-0.25, -0.2) is 0 Å². The van der Waals surface area contributed by atoms with Crippen LogP contribution in [0, 0.1) is 0 Å². The molecule has 0 amide bonds. The van der Waals surface area contributed by atoms with Crippen LogP contribution in [0.2, 0.25) is 0 Å². The van der Waals surface area contributed by atoms with Gasteiger partial charge in [0.1, 0.15) is 0 Å². The molecule has 3 rings (SSSR count). The monoisotopic (exact) mass is 305 g/mol. The van der Waals surface area contributed by atoms with E-state index in [1.54, 1.807) is 0 Å². The molecule has 0 saturated heterocycles. The molecule has 0 unspecified atom stereocenters. The van der Waals surface area contributed by atoms with Crippen molar-refractivity contribution in [2.75, 3.05) is 0 Å². The molecule has 21 heavy (non-hydrogen) atoms. The van der Waals surface area contributed by atoms with Crippen molar-refractivity contribution in [3.8, 4) is 0 Å². The molecule has 2 aliphatic carbocycles. The molecule has 2 N–H and O–H groups in total. The third-order valence-electron chi connectivity index (χ3n) is 4.32. The summed E-state index contributed by atoms with van der Waals surface area (Å²) in [7, 11) is 0. The highest BCUT2D eigenvalue weighted by Gasteiger charge is 2.42. The highest BCUT2D eigenvalue weighted by molar-refractivity contribution is 5.03. The Bertz CT molecular complexity index is 477. The zero-order valence-corrected chi connectivity index (χ0v) is 11.5. The summed E-state index contributed by atoms with van der Waals surface area (Å²) in [5, 5.41) is 8.03. The van der Waals surface area contributed by atoms with E-state index < -0.39 is 12.5 Å². The predicted octanol–water partition coefficient (Wildman–Crippen LogP) is 2.84. The van der Waals surface area contributed by atoms with Crippen molar-refractivity contribution in [3.63, 3.8) is 0 Å². The van der Waals surface area contributed by atoms with Gasteiger partial charge in [0.15, 0.2) is 0 Å². The molecule has 5 nitrogen and oxygen atoms in total. The van der Waals surface area contributed by atoms with Crippen LogP contribution >= 0.6 is 0 Å². The second kappa shape index (κ2) is 5.57. The lowest BCUT2D eigenvalue weighted by Gasteiger charge is -2.32. The molecule has 0 aliphatic heterocycles. The number of hydrogen-bond acceptors (Lipinski definition) is 5. The molecule has 8 heteroatoms. The number of nitrogens with zero attached hydrogens (tertiary/aromatic N) is 2. The molecule has 0 atom stereocenters. The van der Waals surface area contributed by atoms with Crippen LogP contribution in [0.4, 0.5) is 13.2 Å². The molecule has 0 bridgehead atoms. The fraction of sp³-hybridized carbons (Fsp3) is 0.846. The second-order valence-corrected chi connectivity index (χ2v) is 5.94. The number of hydrogen-bond donors (Lipinski definition) is 1. The van der Waals surface area contributed by atoms with Gasteiger partial charge in [0, 0.05) is 17.9 Å². The number of alkyl halides is 3. The van der Waals surface area contributed by atoms with Crippen molar-refractivity contribution in [2.45, 2.75) is 68.9 Å². The molecule has 2 aliphatic rings. The van der Waals surface area contributed by atoms with Crippen LogP contribution in [-0.2, 0) is 4.74 Å². The number of halogens is 3. The van der Waals surface area contributed by atoms with Crippen molar-refractivity contribution in [2.24, 2.45) is 5.73 Å². The summed E-state index contributed by atoms with van der Waals surface area (Å²) in [5.74, 6) is 1.14. The Balaban J connectivity index is 1.52. The summed E-state index contributed by atoms with van der Waals surface area (Å²) in [5.41, 5.74) is 5.85. The number of nitrogens with two attached hydrogens (primary N) is 1. The average Bonchev–Trinajstić information content (AvgIpc) is 2.82. The summed E-state index contributed by atoms with van der Waals surface area (Å²) >= 11 is 0. The van der Waals surface area contributed by atoms with Crippen LogP contribution in [0.1, 0.15) is 62.1 Å². The van der Waals surface area contributed by atoms with Crippen molar-refractivity contribution < 1.29 is 22.3 Å². The Morgan fingerprint density at radius 2 is 1.57 bits per heavy atom. The van der Waals surface area contributed by atoms with E-state index in [-0.39, 0.29) is 30.7 Å². The first-order chi connectivity index (χ1) is 9.90. The molecule has 1 heterocycles. The highest BCUT2D eigenvalue weighted by Crippen LogP contribution is 2.41. The van der Waals surface area contributed by atoms with E-state index in [0.717, 1.165) is 25.7 Å². The van der Waals surface area contributed by atoms with E-state index >= 15 is 0 Å². The summed E-state index contributed by atoms with van der Waals surface area (Å²) < 4.78 is 45.8. The van der Waals surface area contributed by atoms with E-state index in [4.69, 9.17) is 10.2 Å². The van der Waals surface area contributed by atoms with Gasteiger partial charge in [0.25, 0.3) is 0 Å². The van der Waals surface area contributed by atoms with Crippen molar-refractivity contribution in [1.82, 2.24) is 10.2 Å². The van der Waals surface area contributed by atoms with Crippen LogP contribution in [0.5, 0.6) is 0 Å². The first-order valence-corrected chi connectivity index (χ1v) is 7.24. The fourth-order valence-electron chi connectivity index (χ4n) is 3.00. The maximum Gasteiger partial charge on any atom is 0.522 e. The lowest BCUT2D eigenvalue weighted by Crippen LogP contribution is -2.34. The number of aromatic nitrogens is 2. The standard InChI is InChI=1S/C13H18F3N3O2/c14-13(15,16)21-10-5-8(6-10)12-19-18-11(20-12)7-1-3-9(17)4-2-7/h7-10H,1-6,17H2/t7-,8?,9-,10?. The van der Waals surface area contributed by atoms with Gasteiger partial charge in [-0.1, -0.05) is 0 Å². The van der Waals surface area contributed by atoms with E-state index in [1.165, 1.54) is 0 Å². The fourth-order valence-corrected chi connectivity index (χ4v) is 3.00. The maximum atomic E-state index is 12.1. The van der Waals surface area contributed by atoms with Crippen molar-refractivity contribution in [3.05, 3.63) is 11.8 Å². The molecule has 0 radical (unpaired) electrons. The largest absolute Gasteiger partial charge is 0.522 e. The first kappa shape index (κ1) is 14.8. The average molecular weight is 305 g/mol. The van der Waals surface area contributed by atoms with E-state index in [1.807, 2.05) is 0 Å². The molecule has 2 saturated carbocycles. The Morgan fingerprint density at radius 1 is 1.00 bits per heavy atom. The Labute approximate surface area is 120 Å². The van der Waals surface area contributed by atoms with Gasteiger partial charge in [0.2, 0.25) is 11.8 Å². The normalized spacial score (nSPS) is 33.7. The molecule has 118 valence electrons. The molecular formula is C13H18F3N3O2.